The Labute approximate surface area is 87.1 Å². The summed E-state index contributed by atoms with van der Waals surface area (Å²) in [6, 6.07) is 3.44. The second kappa shape index (κ2) is 4.09. The van der Waals surface area contributed by atoms with Crippen LogP contribution in [0.3, 0.4) is 0 Å². The highest BCUT2D eigenvalue weighted by Gasteiger charge is 2.23. The Balaban J connectivity index is 2.27. The predicted octanol–water partition coefficient (Wildman–Crippen LogP) is 3.19. The fourth-order valence-electron chi connectivity index (χ4n) is 2.12. The molecule has 0 N–H and O–H groups in total. The van der Waals surface area contributed by atoms with Crippen LogP contribution >= 0.6 is 0 Å². The summed E-state index contributed by atoms with van der Waals surface area (Å²) in [7, 11) is 0. The molecule has 0 amide bonds. The lowest BCUT2D eigenvalue weighted by Gasteiger charge is -2.21. The van der Waals surface area contributed by atoms with Crippen molar-refractivity contribution in [3.63, 3.8) is 0 Å². The Hall–Kier alpha value is -1.25. The van der Waals surface area contributed by atoms with E-state index in [1.54, 1.807) is 0 Å². The van der Waals surface area contributed by atoms with E-state index in [9.17, 15) is 13.6 Å². The lowest BCUT2D eigenvalue weighted by molar-refractivity contribution is -0.120. The first-order chi connectivity index (χ1) is 7.16. The van der Waals surface area contributed by atoms with Gasteiger partial charge in [0.25, 0.3) is 0 Å². The molecule has 0 aliphatic heterocycles. The van der Waals surface area contributed by atoms with Crippen molar-refractivity contribution in [2.75, 3.05) is 0 Å². The molecule has 1 aromatic rings. The molecule has 0 saturated heterocycles. The van der Waals surface area contributed by atoms with Crippen molar-refractivity contribution in [2.45, 2.75) is 31.6 Å². The largest absolute Gasteiger partial charge is 0.300 e. The maximum atomic E-state index is 13.4. The number of ketones is 1. The van der Waals surface area contributed by atoms with Crippen LogP contribution in [0.4, 0.5) is 8.78 Å². The molecule has 1 saturated carbocycles. The first-order valence-electron chi connectivity index (χ1n) is 5.13. The van der Waals surface area contributed by atoms with Gasteiger partial charge in [-0.1, -0.05) is 0 Å². The van der Waals surface area contributed by atoms with Gasteiger partial charge in [0.15, 0.2) is 0 Å². The van der Waals surface area contributed by atoms with Gasteiger partial charge in [-0.3, -0.25) is 4.79 Å². The molecular weight excluding hydrogens is 198 g/mol. The fourth-order valence-corrected chi connectivity index (χ4v) is 2.12. The number of hydrogen-bond acceptors (Lipinski definition) is 1. The first kappa shape index (κ1) is 10.3. The average Bonchev–Trinajstić information content (AvgIpc) is 2.22. The number of carbonyl (C=O) groups excluding carboxylic acids is 1. The van der Waals surface area contributed by atoms with E-state index < -0.39 is 11.6 Å². The summed E-state index contributed by atoms with van der Waals surface area (Å²) in [4.78, 5) is 11.2. The van der Waals surface area contributed by atoms with Crippen LogP contribution in [-0.2, 0) is 4.79 Å². The number of rotatable bonds is 1. The van der Waals surface area contributed by atoms with E-state index in [0.29, 0.717) is 18.4 Å². The third-order valence-corrected chi connectivity index (χ3v) is 2.88. The molecule has 1 nitrogen and oxygen atoms in total. The van der Waals surface area contributed by atoms with E-state index in [2.05, 4.69) is 0 Å². The van der Waals surface area contributed by atoms with Crippen LogP contribution in [0.1, 0.15) is 37.2 Å². The molecule has 15 heavy (non-hydrogen) atoms. The Kier molecular flexibility index (Phi) is 2.80. The van der Waals surface area contributed by atoms with Gasteiger partial charge in [-0.2, -0.15) is 0 Å². The quantitative estimate of drug-likeness (QED) is 0.695. The molecule has 1 aliphatic rings. The zero-order chi connectivity index (χ0) is 10.8. The van der Waals surface area contributed by atoms with Gasteiger partial charge in [-0.15, -0.1) is 0 Å². The molecular formula is C12H12F2O. The minimum Gasteiger partial charge on any atom is -0.300 e. The van der Waals surface area contributed by atoms with Crippen molar-refractivity contribution in [2.24, 2.45) is 0 Å². The van der Waals surface area contributed by atoms with Crippen LogP contribution in [0, 0.1) is 11.6 Å². The van der Waals surface area contributed by atoms with Crippen LogP contribution in [0.25, 0.3) is 0 Å². The number of carbonyl (C=O) groups is 1. The fraction of sp³-hybridized carbons (Fsp3) is 0.417. The van der Waals surface area contributed by atoms with Crippen LogP contribution in [0.15, 0.2) is 18.2 Å². The number of halogens is 2. The summed E-state index contributed by atoms with van der Waals surface area (Å²) in [6.45, 7) is 0. The molecule has 0 bridgehead atoms. The van der Waals surface area contributed by atoms with Gasteiger partial charge in [0, 0.05) is 12.8 Å². The monoisotopic (exact) mass is 210 g/mol. The smallest absolute Gasteiger partial charge is 0.133 e. The van der Waals surface area contributed by atoms with Crippen LogP contribution in [-0.4, -0.2) is 5.78 Å². The summed E-state index contributed by atoms with van der Waals surface area (Å²) >= 11 is 0. The number of benzene rings is 1. The van der Waals surface area contributed by atoms with Crippen molar-refractivity contribution in [3.8, 4) is 0 Å². The van der Waals surface area contributed by atoms with E-state index >= 15 is 0 Å². The zero-order valence-corrected chi connectivity index (χ0v) is 8.30. The van der Waals surface area contributed by atoms with Crippen LogP contribution in [0.2, 0.25) is 0 Å². The van der Waals surface area contributed by atoms with E-state index in [-0.39, 0.29) is 11.7 Å². The molecule has 0 heterocycles. The van der Waals surface area contributed by atoms with Gasteiger partial charge in [-0.05, 0) is 42.5 Å². The van der Waals surface area contributed by atoms with Crippen molar-refractivity contribution in [1.82, 2.24) is 0 Å². The van der Waals surface area contributed by atoms with E-state index in [1.165, 1.54) is 6.07 Å². The molecule has 0 aromatic heterocycles. The molecule has 2 rings (SSSR count). The summed E-state index contributed by atoms with van der Waals surface area (Å²) in [5.41, 5.74) is 0.350. The summed E-state index contributed by atoms with van der Waals surface area (Å²) in [5, 5.41) is 0. The van der Waals surface area contributed by atoms with Gasteiger partial charge in [-0.25, -0.2) is 8.78 Å². The molecule has 0 spiro atoms. The minimum atomic E-state index is -0.440. The van der Waals surface area contributed by atoms with E-state index in [0.717, 1.165) is 25.0 Å². The molecule has 1 aromatic carbocycles. The average molecular weight is 210 g/mol. The topological polar surface area (TPSA) is 17.1 Å². The van der Waals surface area contributed by atoms with Crippen LogP contribution in [0.5, 0.6) is 0 Å². The summed E-state index contributed by atoms with van der Waals surface area (Å²) in [5.74, 6) is -0.836. The standard InChI is InChI=1S/C12H12F2O/c13-9-4-5-12(14)11(7-9)8-2-1-3-10(15)6-8/h4-5,7-8H,1-3,6H2. The second-order valence-electron chi connectivity index (χ2n) is 4.00. The molecule has 3 heteroatoms. The normalized spacial score (nSPS) is 21.7. The third-order valence-electron chi connectivity index (χ3n) is 2.88. The maximum absolute atomic E-state index is 13.4. The minimum absolute atomic E-state index is 0.137. The zero-order valence-electron chi connectivity index (χ0n) is 8.30. The third kappa shape index (κ3) is 2.22. The van der Waals surface area contributed by atoms with Gasteiger partial charge >= 0.3 is 0 Å². The first-order valence-corrected chi connectivity index (χ1v) is 5.13. The highest BCUT2D eigenvalue weighted by Crippen LogP contribution is 2.32. The van der Waals surface area contributed by atoms with Gasteiger partial charge in [0.05, 0.1) is 0 Å². The molecule has 1 atom stereocenters. The van der Waals surface area contributed by atoms with Gasteiger partial charge in [0.1, 0.15) is 17.4 Å². The lowest BCUT2D eigenvalue weighted by atomic mass is 9.83. The second-order valence-corrected chi connectivity index (χ2v) is 4.00. The van der Waals surface area contributed by atoms with Crippen molar-refractivity contribution in [3.05, 3.63) is 35.4 Å². The highest BCUT2D eigenvalue weighted by atomic mass is 19.1. The van der Waals surface area contributed by atoms with Gasteiger partial charge < -0.3 is 0 Å². The number of hydrogen-bond donors (Lipinski definition) is 0. The Morgan fingerprint density at radius 1 is 1.27 bits per heavy atom. The summed E-state index contributed by atoms with van der Waals surface area (Å²) < 4.78 is 26.4. The lowest BCUT2D eigenvalue weighted by Crippen LogP contribution is -2.14. The molecule has 1 aliphatic carbocycles. The Bertz CT molecular complexity index is 387. The Morgan fingerprint density at radius 2 is 2.07 bits per heavy atom. The predicted molar refractivity (Wildman–Crippen MR) is 52.6 cm³/mol. The van der Waals surface area contributed by atoms with Crippen molar-refractivity contribution in [1.29, 1.82) is 0 Å². The number of Topliss-reactive ketones (excluding diaryl/α,β-unsaturated/α-hetero) is 1. The Morgan fingerprint density at radius 3 is 2.80 bits per heavy atom. The van der Waals surface area contributed by atoms with E-state index in [1.807, 2.05) is 0 Å². The van der Waals surface area contributed by atoms with Crippen molar-refractivity contribution < 1.29 is 13.6 Å². The van der Waals surface area contributed by atoms with Crippen molar-refractivity contribution >= 4 is 5.78 Å². The molecule has 1 fully saturated rings. The highest BCUT2D eigenvalue weighted by molar-refractivity contribution is 5.80. The molecule has 80 valence electrons. The molecule has 1 unspecified atom stereocenters. The van der Waals surface area contributed by atoms with Gasteiger partial charge in [0.2, 0.25) is 0 Å². The maximum Gasteiger partial charge on any atom is 0.133 e. The summed E-state index contributed by atoms with van der Waals surface area (Å²) in [6.07, 6.45) is 2.47. The molecule has 0 radical (unpaired) electrons. The SMILES string of the molecule is O=C1CCCC(c2cc(F)ccc2F)C1. The van der Waals surface area contributed by atoms with E-state index in [4.69, 9.17) is 0 Å². The van der Waals surface area contributed by atoms with Crippen LogP contribution < -0.4 is 0 Å².